The molecule has 0 atom stereocenters. The van der Waals surface area contributed by atoms with Gasteiger partial charge in [0.05, 0.1) is 38.2 Å². The van der Waals surface area contributed by atoms with E-state index in [-0.39, 0.29) is 18.4 Å². The molecular weight excluding hydrogens is 346 g/mol. The van der Waals surface area contributed by atoms with Crippen LogP contribution in [0, 0.1) is 0 Å². The molecule has 0 unspecified atom stereocenters. The van der Waals surface area contributed by atoms with Crippen LogP contribution in [-0.4, -0.2) is 51.8 Å². The fourth-order valence-electron chi connectivity index (χ4n) is 2.86. The van der Waals surface area contributed by atoms with E-state index in [9.17, 15) is 9.59 Å². The number of nitrogens with zero attached hydrogens (tertiary/aromatic N) is 1. The Bertz CT molecular complexity index is 786. The smallest absolute Gasteiger partial charge is 0.251 e. The zero-order valence-electron chi connectivity index (χ0n) is 15.2. The van der Waals surface area contributed by atoms with Gasteiger partial charge < -0.3 is 25.0 Å². The maximum absolute atomic E-state index is 12.3. The van der Waals surface area contributed by atoms with Gasteiger partial charge in [-0.3, -0.25) is 9.59 Å². The van der Waals surface area contributed by atoms with E-state index in [1.807, 2.05) is 24.3 Å². The van der Waals surface area contributed by atoms with E-state index < -0.39 is 0 Å². The number of hydrogen-bond acceptors (Lipinski definition) is 5. The SMILES string of the molecule is COc1ccc(C(=O)NCC(=O)Nc2ccccc2N2CCOCC2)cc1. The number of methoxy groups -OCH3 is 1. The minimum atomic E-state index is -0.311. The maximum Gasteiger partial charge on any atom is 0.251 e. The minimum Gasteiger partial charge on any atom is -0.497 e. The molecule has 0 bridgehead atoms. The Morgan fingerprint density at radius 3 is 2.48 bits per heavy atom. The van der Waals surface area contributed by atoms with E-state index in [1.54, 1.807) is 31.4 Å². The van der Waals surface area contributed by atoms with Crippen molar-refractivity contribution in [2.75, 3.05) is 50.2 Å². The lowest BCUT2D eigenvalue weighted by molar-refractivity contribution is -0.115. The van der Waals surface area contributed by atoms with Gasteiger partial charge in [-0.05, 0) is 36.4 Å². The Morgan fingerprint density at radius 2 is 1.78 bits per heavy atom. The molecular formula is C20H23N3O4. The number of morpholine rings is 1. The highest BCUT2D eigenvalue weighted by Gasteiger charge is 2.16. The molecule has 1 aliphatic rings. The van der Waals surface area contributed by atoms with Gasteiger partial charge in [0, 0.05) is 18.7 Å². The van der Waals surface area contributed by atoms with Crippen molar-refractivity contribution < 1.29 is 19.1 Å². The van der Waals surface area contributed by atoms with Crippen molar-refractivity contribution in [3.63, 3.8) is 0 Å². The predicted octanol–water partition coefficient (Wildman–Crippen LogP) is 1.90. The highest BCUT2D eigenvalue weighted by molar-refractivity contribution is 6.00. The fraction of sp³-hybridized carbons (Fsp3) is 0.300. The van der Waals surface area contributed by atoms with Gasteiger partial charge in [-0.25, -0.2) is 0 Å². The van der Waals surface area contributed by atoms with Crippen LogP contribution in [0.5, 0.6) is 5.75 Å². The van der Waals surface area contributed by atoms with Gasteiger partial charge in [-0.1, -0.05) is 12.1 Å². The zero-order valence-corrected chi connectivity index (χ0v) is 15.2. The van der Waals surface area contributed by atoms with Gasteiger partial charge in [-0.15, -0.1) is 0 Å². The van der Waals surface area contributed by atoms with E-state index in [1.165, 1.54) is 0 Å². The Balaban J connectivity index is 1.57. The predicted molar refractivity (Wildman–Crippen MR) is 103 cm³/mol. The Kier molecular flexibility index (Phi) is 6.27. The molecule has 0 radical (unpaired) electrons. The van der Waals surface area contributed by atoms with Gasteiger partial charge in [0.1, 0.15) is 5.75 Å². The zero-order chi connectivity index (χ0) is 19.1. The molecule has 0 spiro atoms. The molecule has 3 rings (SSSR count). The number of nitrogens with one attached hydrogen (secondary N) is 2. The summed E-state index contributed by atoms with van der Waals surface area (Å²) in [6.45, 7) is 2.78. The monoisotopic (exact) mass is 369 g/mol. The van der Waals surface area contributed by atoms with Crippen molar-refractivity contribution in [2.24, 2.45) is 0 Å². The highest BCUT2D eigenvalue weighted by Crippen LogP contribution is 2.26. The van der Waals surface area contributed by atoms with Crippen molar-refractivity contribution in [1.82, 2.24) is 5.32 Å². The molecule has 27 heavy (non-hydrogen) atoms. The number of para-hydroxylation sites is 2. The molecule has 1 aliphatic heterocycles. The summed E-state index contributed by atoms with van der Waals surface area (Å²) in [5.41, 5.74) is 2.15. The van der Waals surface area contributed by atoms with Crippen LogP contribution in [0.1, 0.15) is 10.4 Å². The molecule has 0 aliphatic carbocycles. The van der Waals surface area contributed by atoms with Crippen LogP contribution in [0.25, 0.3) is 0 Å². The molecule has 2 aromatic carbocycles. The average Bonchev–Trinajstić information content (AvgIpc) is 2.73. The number of rotatable bonds is 6. The van der Waals surface area contributed by atoms with E-state index >= 15 is 0 Å². The molecule has 142 valence electrons. The molecule has 0 saturated carbocycles. The van der Waals surface area contributed by atoms with Crippen LogP contribution in [0.3, 0.4) is 0 Å². The second-order valence-electron chi connectivity index (χ2n) is 6.08. The first kappa shape index (κ1) is 18.7. The highest BCUT2D eigenvalue weighted by atomic mass is 16.5. The molecule has 2 N–H and O–H groups in total. The standard InChI is InChI=1S/C20H23N3O4/c1-26-16-8-6-15(7-9-16)20(25)21-14-19(24)22-17-4-2-3-5-18(17)23-10-12-27-13-11-23/h2-9H,10-14H2,1H3,(H,21,25)(H,22,24). The Morgan fingerprint density at radius 1 is 1.07 bits per heavy atom. The third-order valence-electron chi connectivity index (χ3n) is 4.29. The molecule has 2 amide bonds. The second kappa shape index (κ2) is 9.05. The number of carbonyl (C=O) groups is 2. The molecule has 7 nitrogen and oxygen atoms in total. The van der Waals surface area contributed by atoms with E-state index in [4.69, 9.17) is 9.47 Å². The van der Waals surface area contributed by atoms with Crippen LogP contribution in [0.15, 0.2) is 48.5 Å². The maximum atomic E-state index is 12.3. The number of amides is 2. The van der Waals surface area contributed by atoms with E-state index in [0.717, 1.165) is 24.5 Å². The quantitative estimate of drug-likeness (QED) is 0.813. The van der Waals surface area contributed by atoms with Crippen molar-refractivity contribution in [2.45, 2.75) is 0 Å². The fourth-order valence-corrected chi connectivity index (χ4v) is 2.86. The topological polar surface area (TPSA) is 79.9 Å². The lowest BCUT2D eigenvalue weighted by Crippen LogP contribution is -2.37. The second-order valence-corrected chi connectivity index (χ2v) is 6.08. The van der Waals surface area contributed by atoms with Crippen molar-refractivity contribution in [3.05, 3.63) is 54.1 Å². The first-order valence-corrected chi connectivity index (χ1v) is 8.81. The number of benzene rings is 2. The van der Waals surface area contributed by atoms with Crippen LogP contribution < -0.4 is 20.3 Å². The first-order valence-electron chi connectivity index (χ1n) is 8.81. The van der Waals surface area contributed by atoms with Crippen LogP contribution in [0.4, 0.5) is 11.4 Å². The van der Waals surface area contributed by atoms with E-state index in [0.29, 0.717) is 24.5 Å². The Hall–Kier alpha value is -3.06. The lowest BCUT2D eigenvalue weighted by atomic mass is 10.2. The lowest BCUT2D eigenvalue weighted by Gasteiger charge is -2.30. The summed E-state index contributed by atoms with van der Waals surface area (Å²) < 4.78 is 10.4. The number of ether oxygens (including phenoxy) is 2. The summed E-state index contributed by atoms with van der Waals surface area (Å²) in [6, 6.07) is 14.3. The van der Waals surface area contributed by atoms with Gasteiger partial charge in [0.15, 0.2) is 0 Å². The van der Waals surface area contributed by atoms with Crippen LogP contribution >= 0.6 is 0 Å². The van der Waals surface area contributed by atoms with Gasteiger partial charge in [-0.2, -0.15) is 0 Å². The molecule has 1 fully saturated rings. The summed E-state index contributed by atoms with van der Waals surface area (Å²) in [5, 5.41) is 5.51. The third kappa shape index (κ3) is 4.98. The molecule has 0 aromatic heterocycles. The summed E-state index contributed by atoms with van der Waals surface area (Å²) in [7, 11) is 1.56. The van der Waals surface area contributed by atoms with Gasteiger partial charge in [0.25, 0.3) is 5.91 Å². The summed E-state index contributed by atoms with van der Waals surface area (Å²) in [6.07, 6.45) is 0. The van der Waals surface area contributed by atoms with E-state index in [2.05, 4.69) is 15.5 Å². The van der Waals surface area contributed by atoms with Gasteiger partial charge in [0.2, 0.25) is 5.91 Å². The molecule has 1 heterocycles. The van der Waals surface area contributed by atoms with Gasteiger partial charge >= 0.3 is 0 Å². The van der Waals surface area contributed by atoms with Crippen molar-refractivity contribution in [3.8, 4) is 5.75 Å². The van der Waals surface area contributed by atoms with Crippen LogP contribution in [0.2, 0.25) is 0 Å². The molecule has 1 saturated heterocycles. The summed E-state index contributed by atoms with van der Waals surface area (Å²) in [4.78, 5) is 26.6. The Labute approximate surface area is 158 Å². The summed E-state index contributed by atoms with van der Waals surface area (Å²) >= 11 is 0. The molecule has 2 aromatic rings. The van der Waals surface area contributed by atoms with Crippen LogP contribution in [-0.2, 0) is 9.53 Å². The average molecular weight is 369 g/mol. The molecule has 7 heteroatoms. The number of carbonyl (C=O) groups excluding carboxylic acids is 2. The van der Waals surface area contributed by atoms with Crippen molar-refractivity contribution in [1.29, 1.82) is 0 Å². The largest absolute Gasteiger partial charge is 0.497 e. The normalized spacial score (nSPS) is 13.7. The van der Waals surface area contributed by atoms with Crippen molar-refractivity contribution >= 4 is 23.2 Å². The minimum absolute atomic E-state index is 0.109. The first-order chi connectivity index (χ1) is 13.2. The summed E-state index contributed by atoms with van der Waals surface area (Å²) in [5.74, 6) is 0.0795. The number of anilines is 2. The number of hydrogen-bond donors (Lipinski definition) is 2. The third-order valence-corrected chi connectivity index (χ3v) is 4.29.